The van der Waals surface area contributed by atoms with Crippen LogP contribution in [0.2, 0.25) is 0 Å². The fourth-order valence-corrected chi connectivity index (χ4v) is 3.94. The van der Waals surface area contributed by atoms with E-state index in [1.165, 1.54) is 77.7 Å². The molecule has 162 valence electrons. The summed E-state index contributed by atoms with van der Waals surface area (Å²) in [6.45, 7) is 2.96. The standard InChI is InChI=1S/C24H43NO3/c1-3-4-5-6-7-8-9-10-11-12-13-14-15-16-17-20-23(26)25-21-18-19-22(25)24(27)28-2/h10-11,22H,3-9,12-21H2,1-2H3/t22-/m0/s1. The third-order valence-electron chi connectivity index (χ3n) is 5.70. The maximum absolute atomic E-state index is 12.3. The van der Waals surface area contributed by atoms with Crippen molar-refractivity contribution in [3.63, 3.8) is 0 Å². The number of hydrogen-bond acceptors (Lipinski definition) is 3. The van der Waals surface area contributed by atoms with Crippen LogP contribution in [0.3, 0.4) is 0 Å². The number of allylic oxidation sites excluding steroid dienone is 2. The first-order chi connectivity index (χ1) is 13.7. The van der Waals surface area contributed by atoms with E-state index in [0.29, 0.717) is 13.0 Å². The Hall–Kier alpha value is -1.32. The molecular weight excluding hydrogens is 350 g/mol. The van der Waals surface area contributed by atoms with Gasteiger partial charge < -0.3 is 9.64 Å². The van der Waals surface area contributed by atoms with Crippen molar-refractivity contribution < 1.29 is 14.3 Å². The molecule has 1 amide bonds. The quantitative estimate of drug-likeness (QED) is 0.178. The molecule has 1 fully saturated rings. The fraction of sp³-hybridized carbons (Fsp3) is 0.833. The second kappa shape index (κ2) is 16.6. The summed E-state index contributed by atoms with van der Waals surface area (Å²) in [4.78, 5) is 25.8. The minimum Gasteiger partial charge on any atom is -0.467 e. The predicted octanol–water partition coefficient (Wildman–Crippen LogP) is 6.19. The summed E-state index contributed by atoms with van der Waals surface area (Å²) in [5, 5.41) is 0. The highest BCUT2D eigenvalue weighted by Crippen LogP contribution is 2.20. The van der Waals surface area contributed by atoms with Gasteiger partial charge in [-0.05, 0) is 44.9 Å². The van der Waals surface area contributed by atoms with E-state index < -0.39 is 0 Å². The molecule has 0 aliphatic carbocycles. The molecule has 0 bridgehead atoms. The molecule has 4 nitrogen and oxygen atoms in total. The van der Waals surface area contributed by atoms with Crippen LogP contribution in [0, 0.1) is 0 Å². The molecule has 0 spiro atoms. The van der Waals surface area contributed by atoms with Crippen molar-refractivity contribution in [3.05, 3.63) is 12.2 Å². The lowest BCUT2D eigenvalue weighted by atomic mass is 10.1. The molecule has 0 N–H and O–H groups in total. The molecule has 1 atom stereocenters. The van der Waals surface area contributed by atoms with Gasteiger partial charge in [-0.15, -0.1) is 0 Å². The molecule has 1 saturated heterocycles. The molecule has 0 radical (unpaired) electrons. The average molecular weight is 394 g/mol. The summed E-state index contributed by atoms with van der Waals surface area (Å²) >= 11 is 0. The summed E-state index contributed by atoms with van der Waals surface area (Å²) in [6.07, 6.45) is 23.2. The largest absolute Gasteiger partial charge is 0.467 e. The van der Waals surface area contributed by atoms with Crippen molar-refractivity contribution in [3.8, 4) is 0 Å². The van der Waals surface area contributed by atoms with Crippen molar-refractivity contribution in [1.29, 1.82) is 0 Å². The molecule has 1 rings (SSSR count). The number of hydrogen-bond donors (Lipinski definition) is 0. The van der Waals surface area contributed by atoms with Crippen LogP contribution in [-0.2, 0) is 14.3 Å². The summed E-state index contributed by atoms with van der Waals surface area (Å²) in [6, 6.07) is -0.347. The highest BCUT2D eigenvalue weighted by atomic mass is 16.5. The highest BCUT2D eigenvalue weighted by molar-refractivity contribution is 5.85. The number of ether oxygens (including phenoxy) is 1. The van der Waals surface area contributed by atoms with Crippen LogP contribution < -0.4 is 0 Å². The van der Waals surface area contributed by atoms with E-state index in [1.807, 2.05) is 0 Å². The van der Waals surface area contributed by atoms with Gasteiger partial charge in [0.05, 0.1) is 7.11 Å². The van der Waals surface area contributed by atoms with Crippen molar-refractivity contribution in [2.24, 2.45) is 0 Å². The zero-order valence-corrected chi connectivity index (χ0v) is 18.4. The van der Waals surface area contributed by atoms with E-state index in [-0.39, 0.29) is 17.9 Å². The summed E-state index contributed by atoms with van der Waals surface area (Å²) in [5.41, 5.74) is 0. The smallest absolute Gasteiger partial charge is 0.328 e. The predicted molar refractivity (Wildman–Crippen MR) is 116 cm³/mol. The van der Waals surface area contributed by atoms with E-state index in [0.717, 1.165) is 25.7 Å². The van der Waals surface area contributed by atoms with Gasteiger partial charge in [0.25, 0.3) is 0 Å². The van der Waals surface area contributed by atoms with Gasteiger partial charge in [0.15, 0.2) is 0 Å². The van der Waals surface area contributed by atoms with Crippen LogP contribution in [0.15, 0.2) is 12.2 Å². The first-order valence-electron chi connectivity index (χ1n) is 11.7. The van der Waals surface area contributed by atoms with Crippen LogP contribution in [-0.4, -0.2) is 36.5 Å². The van der Waals surface area contributed by atoms with Gasteiger partial charge in [-0.25, -0.2) is 4.79 Å². The second-order valence-electron chi connectivity index (χ2n) is 8.10. The summed E-state index contributed by atoms with van der Waals surface area (Å²) < 4.78 is 4.81. The molecule has 0 aromatic rings. The minimum atomic E-state index is -0.347. The molecule has 0 saturated carbocycles. The molecule has 28 heavy (non-hydrogen) atoms. The van der Waals surface area contributed by atoms with Gasteiger partial charge >= 0.3 is 5.97 Å². The monoisotopic (exact) mass is 393 g/mol. The third-order valence-corrected chi connectivity index (χ3v) is 5.70. The van der Waals surface area contributed by atoms with Crippen LogP contribution in [0.4, 0.5) is 0 Å². The maximum atomic E-state index is 12.3. The molecule has 1 heterocycles. The number of likely N-dealkylation sites (tertiary alicyclic amines) is 1. The van der Waals surface area contributed by atoms with Crippen LogP contribution in [0.25, 0.3) is 0 Å². The topological polar surface area (TPSA) is 46.6 Å². The lowest BCUT2D eigenvalue weighted by molar-refractivity contribution is -0.151. The first kappa shape index (κ1) is 24.7. The molecule has 1 aliphatic heterocycles. The van der Waals surface area contributed by atoms with Crippen molar-refractivity contribution in [2.75, 3.05) is 13.7 Å². The number of rotatable bonds is 16. The van der Waals surface area contributed by atoms with Crippen molar-refractivity contribution in [1.82, 2.24) is 4.90 Å². The Balaban J connectivity index is 1.93. The van der Waals surface area contributed by atoms with Gasteiger partial charge in [-0.2, -0.15) is 0 Å². The number of carbonyl (C=O) groups is 2. The Morgan fingerprint density at radius 1 is 0.893 bits per heavy atom. The van der Waals surface area contributed by atoms with Crippen LogP contribution in [0.5, 0.6) is 0 Å². The lowest BCUT2D eigenvalue weighted by Gasteiger charge is -2.22. The van der Waals surface area contributed by atoms with Crippen molar-refractivity contribution in [2.45, 2.75) is 116 Å². The van der Waals surface area contributed by atoms with Gasteiger partial charge in [-0.1, -0.05) is 70.4 Å². The fourth-order valence-electron chi connectivity index (χ4n) is 3.94. The molecule has 0 aromatic carbocycles. The Kier molecular flexibility index (Phi) is 14.7. The van der Waals surface area contributed by atoms with E-state index in [9.17, 15) is 9.59 Å². The third kappa shape index (κ3) is 10.9. The average Bonchev–Trinajstić information content (AvgIpc) is 3.20. The molecule has 4 heteroatoms. The molecule has 0 unspecified atom stereocenters. The highest BCUT2D eigenvalue weighted by Gasteiger charge is 2.34. The van der Waals surface area contributed by atoms with Gasteiger partial charge in [-0.3, -0.25) is 4.79 Å². The van der Waals surface area contributed by atoms with E-state index >= 15 is 0 Å². The SMILES string of the molecule is CCCCCCCCC=CCCCCCCCC(=O)N1CCC[C@H]1C(=O)OC. The van der Waals surface area contributed by atoms with E-state index in [1.54, 1.807) is 4.90 Å². The Morgan fingerprint density at radius 2 is 1.46 bits per heavy atom. The van der Waals surface area contributed by atoms with Crippen molar-refractivity contribution >= 4 is 11.9 Å². The number of amides is 1. The lowest BCUT2D eigenvalue weighted by Crippen LogP contribution is -2.40. The summed E-state index contributed by atoms with van der Waals surface area (Å²) in [7, 11) is 1.40. The molecule has 1 aliphatic rings. The minimum absolute atomic E-state index is 0.116. The second-order valence-corrected chi connectivity index (χ2v) is 8.10. The first-order valence-corrected chi connectivity index (χ1v) is 11.7. The molecule has 0 aromatic heterocycles. The number of nitrogens with zero attached hydrogens (tertiary/aromatic N) is 1. The number of esters is 1. The van der Waals surface area contributed by atoms with Crippen LogP contribution in [0.1, 0.15) is 110 Å². The van der Waals surface area contributed by atoms with E-state index in [2.05, 4.69) is 19.1 Å². The number of unbranched alkanes of at least 4 members (excludes halogenated alkanes) is 11. The van der Waals surface area contributed by atoms with Gasteiger partial charge in [0.1, 0.15) is 6.04 Å². The van der Waals surface area contributed by atoms with Gasteiger partial charge in [0.2, 0.25) is 5.91 Å². The zero-order chi connectivity index (χ0) is 20.5. The number of methoxy groups -OCH3 is 1. The normalized spacial score (nSPS) is 16.8. The Morgan fingerprint density at radius 3 is 2.07 bits per heavy atom. The Bertz CT molecular complexity index is 447. The zero-order valence-electron chi connectivity index (χ0n) is 18.4. The van der Waals surface area contributed by atoms with Gasteiger partial charge in [0, 0.05) is 13.0 Å². The Labute approximate surface area is 173 Å². The van der Waals surface area contributed by atoms with E-state index in [4.69, 9.17) is 4.74 Å². The van der Waals surface area contributed by atoms with Crippen LogP contribution >= 0.6 is 0 Å². The number of carbonyl (C=O) groups excluding carboxylic acids is 2. The maximum Gasteiger partial charge on any atom is 0.328 e. The summed E-state index contributed by atoms with van der Waals surface area (Å²) in [5.74, 6) is -0.152. The molecular formula is C24H43NO3.